The highest BCUT2D eigenvalue weighted by molar-refractivity contribution is 7.92. The zero-order valence-corrected chi connectivity index (χ0v) is 24.0. The van der Waals surface area contributed by atoms with E-state index in [0.717, 1.165) is 31.4 Å². The third-order valence-corrected chi connectivity index (χ3v) is 8.13. The summed E-state index contributed by atoms with van der Waals surface area (Å²) in [6, 6.07) is 15.3. The largest absolute Gasteiger partial charge is 0.493 e. The molecule has 1 fully saturated rings. The van der Waals surface area contributed by atoms with E-state index in [9.17, 15) is 8.42 Å². The van der Waals surface area contributed by atoms with Crippen LogP contribution in [-0.4, -0.2) is 66.6 Å². The lowest BCUT2D eigenvalue weighted by molar-refractivity contribution is 0.121. The van der Waals surface area contributed by atoms with E-state index >= 15 is 0 Å². The Kier molecular flexibility index (Phi) is 8.60. The summed E-state index contributed by atoms with van der Waals surface area (Å²) >= 11 is 0. The number of benzene rings is 2. The molecule has 0 aliphatic carbocycles. The second-order valence-electron chi connectivity index (χ2n) is 9.72. The van der Waals surface area contributed by atoms with Crippen LogP contribution < -0.4 is 18.9 Å². The van der Waals surface area contributed by atoms with Crippen LogP contribution in [0.1, 0.15) is 24.8 Å². The van der Waals surface area contributed by atoms with Crippen LogP contribution in [-0.2, 0) is 10.0 Å². The van der Waals surface area contributed by atoms with Gasteiger partial charge in [0, 0.05) is 18.4 Å². The quantitative estimate of drug-likeness (QED) is 0.283. The molecule has 0 bridgehead atoms. The first-order chi connectivity index (χ1) is 19.8. The fraction of sp³-hybridized carbons (Fsp3) is 0.310. The number of hydrogen-bond acceptors (Lipinski definition) is 10. The van der Waals surface area contributed by atoms with Crippen LogP contribution in [0.3, 0.4) is 0 Å². The Morgan fingerprint density at radius 2 is 1.68 bits per heavy atom. The molecule has 1 atom stereocenters. The molecule has 11 nitrogen and oxygen atoms in total. The third-order valence-electron chi connectivity index (χ3n) is 6.78. The molecule has 2 aromatic heterocycles. The Bertz CT molecular complexity index is 1590. The lowest BCUT2D eigenvalue weighted by Gasteiger charge is -2.32. The summed E-state index contributed by atoms with van der Waals surface area (Å²) in [5.41, 5.74) is 0.929. The van der Waals surface area contributed by atoms with Gasteiger partial charge in [0.2, 0.25) is 11.6 Å². The Morgan fingerprint density at radius 3 is 2.39 bits per heavy atom. The molecule has 41 heavy (non-hydrogen) atoms. The summed E-state index contributed by atoms with van der Waals surface area (Å²) in [7, 11) is -0.498. The molecular weight excluding hydrogens is 544 g/mol. The summed E-state index contributed by atoms with van der Waals surface area (Å²) in [5.74, 6) is 0.961. The molecule has 0 saturated carbocycles. The van der Waals surface area contributed by atoms with Crippen molar-refractivity contribution in [2.24, 2.45) is 0 Å². The van der Waals surface area contributed by atoms with Crippen LogP contribution in [0.15, 0.2) is 71.9 Å². The molecule has 1 N–H and O–H groups in total. The summed E-state index contributed by atoms with van der Waals surface area (Å²) in [5, 5.41) is 0. The van der Waals surface area contributed by atoms with E-state index in [1.54, 1.807) is 54.9 Å². The number of nitrogens with zero attached hydrogens (tertiary/aromatic N) is 5. The maximum absolute atomic E-state index is 13.5. The van der Waals surface area contributed by atoms with Crippen LogP contribution in [0.2, 0.25) is 0 Å². The number of rotatable bonds is 10. The van der Waals surface area contributed by atoms with Gasteiger partial charge in [0.15, 0.2) is 23.1 Å². The Labute approximate surface area is 239 Å². The number of nitrogens with one attached hydrogen (secondary N) is 1. The Hall–Kier alpha value is -4.29. The van der Waals surface area contributed by atoms with Crippen LogP contribution in [0.4, 0.5) is 5.82 Å². The maximum atomic E-state index is 13.5. The molecule has 2 aromatic carbocycles. The van der Waals surface area contributed by atoms with Crippen molar-refractivity contribution in [1.29, 1.82) is 0 Å². The van der Waals surface area contributed by atoms with Gasteiger partial charge < -0.3 is 19.1 Å². The van der Waals surface area contributed by atoms with Gasteiger partial charge in [0.25, 0.3) is 15.9 Å². The first-order valence-electron chi connectivity index (χ1n) is 13.3. The van der Waals surface area contributed by atoms with Crippen molar-refractivity contribution in [3.8, 4) is 34.8 Å². The van der Waals surface area contributed by atoms with E-state index in [4.69, 9.17) is 14.2 Å². The number of piperidine rings is 1. The van der Waals surface area contributed by atoms with Gasteiger partial charge in [-0.3, -0.25) is 4.72 Å². The van der Waals surface area contributed by atoms with Crippen molar-refractivity contribution < 1.29 is 22.6 Å². The van der Waals surface area contributed by atoms with Gasteiger partial charge in [-0.25, -0.2) is 23.4 Å². The minimum absolute atomic E-state index is 0.0108. The zero-order chi connectivity index (χ0) is 28.8. The highest BCUT2D eigenvalue weighted by atomic mass is 32.2. The molecule has 0 radical (unpaired) electrons. The molecule has 5 rings (SSSR count). The number of aryl methyl sites for hydroxylation is 1. The summed E-state index contributed by atoms with van der Waals surface area (Å²) in [6.45, 7) is 3.16. The summed E-state index contributed by atoms with van der Waals surface area (Å²) < 4.78 is 47.6. The average molecular weight is 577 g/mol. The molecule has 214 valence electrons. The smallest absolute Gasteiger partial charge is 0.263 e. The van der Waals surface area contributed by atoms with Crippen LogP contribution in [0.5, 0.6) is 23.1 Å². The van der Waals surface area contributed by atoms with E-state index in [-0.39, 0.29) is 40.0 Å². The minimum atomic E-state index is -4.08. The number of likely N-dealkylation sites (tertiary alicyclic amines) is 1. The number of hydrogen-bond donors (Lipinski definition) is 1. The maximum Gasteiger partial charge on any atom is 0.263 e. The van der Waals surface area contributed by atoms with Crippen molar-refractivity contribution in [2.75, 3.05) is 32.0 Å². The van der Waals surface area contributed by atoms with Crippen molar-refractivity contribution in [3.63, 3.8) is 0 Å². The predicted molar refractivity (Wildman–Crippen MR) is 154 cm³/mol. The molecule has 3 heterocycles. The van der Waals surface area contributed by atoms with Crippen molar-refractivity contribution >= 4 is 15.8 Å². The normalized spacial score (nSPS) is 15.7. The van der Waals surface area contributed by atoms with Gasteiger partial charge in [-0.15, -0.1) is 0 Å². The predicted octanol–water partition coefficient (Wildman–Crippen LogP) is 4.71. The highest BCUT2D eigenvalue weighted by Crippen LogP contribution is 2.41. The number of anilines is 1. The molecule has 0 amide bonds. The van der Waals surface area contributed by atoms with Gasteiger partial charge in [-0.1, -0.05) is 36.2 Å². The molecular formula is C29H32N6O5S. The van der Waals surface area contributed by atoms with E-state index < -0.39 is 10.0 Å². The van der Waals surface area contributed by atoms with Gasteiger partial charge in [0.05, 0.1) is 12.0 Å². The molecule has 1 aliphatic rings. The second-order valence-corrected chi connectivity index (χ2v) is 11.4. The Balaban J connectivity index is 1.63. The first kappa shape index (κ1) is 28.2. The first-order valence-corrected chi connectivity index (χ1v) is 14.7. The lowest BCUT2D eigenvalue weighted by atomic mass is 10.0. The van der Waals surface area contributed by atoms with Gasteiger partial charge in [-0.05, 0) is 63.7 Å². The van der Waals surface area contributed by atoms with Gasteiger partial charge in [0.1, 0.15) is 6.61 Å². The number of ether oxygens (including phenoxy) is 3. The van der Waals surface area contributed by atoms with Gasteiger partial charge >= 0.3 is 0 Å². The van der Waals surface area contributed by atoms with Crippen molar-refractivity contribution in [3.05, 3.63) is 72.6 Å². The number of para-hydroxylation sites is 2. The van der Waals surface area contributed by atoms with E-state index in [2.05, 4.69) is 36.6 Å². The monoisotopic (exact) mass is 576 g/mol. The number of aromatic nitrogens is 4. The summed E-state index contributed by atoms with van der Waals surface area (Å²) in [4.78, 5) is 19.9. The van der Waals surface area contributed by atoms with Crippen LogP contribution in [0.25, 0.3) is 11.6 Å². The standard InChI is InChI=1S/C29H32N6O5S/c1-20-12-14-22(15-13-20)41(36,37)34-26-25(40-24-11-5-4-10-23(24)38-3)29(39-19-21-9-6-7-18-35(21)2)33-28(32-26)27-30-16-8-17-31-27/h4-5,8,10-17,21H,6-7,9,18-19H2,1-3H3,(H,32,33,34). The zero-order valence-electron chi connectivity index (χ0n) is 23.1. The van der Waals surface area contributed by atoms with E-state index in [1.165, 1.54) is 19.2 Å². The van der Waals surface area contributed by atoms with E-state index in [1.807, 2.05) is 6.92 Å². The second kappa shape index (κ2) is 12.5. The molecule has 4 aromatic rings. The third kappa shape index (κ3) is 6.72. The SMILES string of the molecule is COc1ccccc1Oc1c(NS(=O)(=O)c2ccc(C)cc2)nc(-c2ncccn2)nc1OCC1CCCCN1C. The molecule has 12 heteroatoms. The lowest BCUT2D eigenvalue weighted by Crippen LogP contribution is -2.40. The van der Waals surface area contributed by atoms with Crippen LogP contribution >= 0.6 is 0 Å². The fourth-order valence-corrected chi connectivity index (χ4v) is 5.46. The number of sulfonamides is 1. The molecule has 1 saturated heterocycles. The number of methoxy groups -OCH3 is 1. The van der Waals surface area contributed by atoms with Crippen molar-refractivity contribution in [1.82, 2.24) is 24.8 Å². The Morgan fingerprint density at radius 1 is 0.951 bits per heavy atom. The molecule has 0 spiro atoms. The van der Waals surface area contributed by atoms with E-state index in [0.29, 0.717) is 18.1 Å². The topological polar surface area (TPSA) is 129 Å². The fourth-order valence-electron chi connectivity index (χ4n) is 4.45. The average Bonchev–Trinajstić information content (AvgIpc) is 2.98. The van der Waals surface area contributed by atoms with Crippen molar-refractivity contribution in [2.45, 2.75) is 37.1 Å². The summed E-state index contributed by atoms with van der Waals surface area (Å²) in [6.07, 6.45) is 6.30. The van der Waals surface area contributed by atoms with Crippen LogP contribution in [0, 0.1) is 6.92 Å². The minimum Gasteiger partial charge on any atom is -0.493 e. The number of likely N-dealkylation sites (N-methyl/N-ethyl adjacent to an activating group) is 1. The molecule has 1 aliphatic heterocycles. The van der Waals surface area contributed by atoms with Gasteiger partial charge in [-0.2, -0.15) is 4.98 Å². The molecule has 1 unspecified atom stereocenters. The highest BCUT2D eigenvalue weighted by Gasteiger charge is 2.27.